The lowest BCUT2D eigenvalue weighted by molar-refractivity contribution is -0.133. The van der Waals surface area contributed by atoms with Gasteiger partial charge in [0.05, 0.1) is 20.6 Å². The van der Waals surface area contributed by atoms with Crippen LogP contribution in [0, 0.1) is 0 Å². The number of fused-ring (bicyclic) bond motifs is 1. The van der Waals surface area contributed by atoms with E-state index >= 15 is 0 Å². The third kappa shape index (κ3) is 4.06. The molecule has 146 valence electrons. The number of hydrogen-bond acceptors (Lipinski definition) is 6. The largest absolute Gasteiger partial charge is 0.493 e. The van der Waals surface area contributed by atoms with Gasteiger partial charge in [-0.1, -0.05) is 24.3 Å². The molecule has 0 aliphatic heterocycles. The van der Waals surface area contributed by atoms with Gasteiger partial charge in [-0.05, 0) is 42.0 Å². The van der Waals surface area contributed by atoms with Gasteiger partial charge in [0.15, 0.2) is 17.1 Å². The number of rotatable bonds is 6. The zero-order valence-corrected chi connectivity index (χ0v) is 16.0. The van der Waals surface area contributed by atoms with E-state index in [1.165, 1.54) is 0 Å². The molecule has 0 atom stereocenters. The lowest BCUT2D eigenvalue weighted by atomic mass is 10.1. The Hall–Kier alpha value is -3.80. The van der Waals surface area contributed by atoms with Gasteiger partial charge in [0.1, 0.15) is 11.3 Å². The second kappa shape index (κ2) is 8.06. The molecule has 1 heterocycles. The summed E-state index contributed by atoms with van der Waals surface area (Å²) in [5.41, 5.74) is 2.90. The maximum Gasteiger partial charge on any atom is 0.315 e. The van der Waals surface area contributed by atoms with Crippen LogP contribution in [0.3, 0.4) is 0 Å². The van der Waals surface area contributed by atoms with Crippen molar-refractivity contribution in [2.75, 3.05) is 14.2 Å². The molecule has 4 rings (SSSR count). The highest BCUT2D eigenvalue weighted by Crippen LogP contribution is 2.29. The van der Waals surface area contributed by atoms with E-state index in [-0.39, 0.29) is 12.4 Å². The van der Waals surface area contributed by atoms with Gasteiger partial charge in [-0.2, -0.15) is 0 Å². The third-order valence-electron chi connectivity index (χ3n) is 4.41. The van der Waals surface area contributed by atoms with Gasteiger partial charge in [0.2, 0.25) is 5.89 Å². The minimum atomic E-state index is -0.389. The molecule has 4 aromatic rings. The summed E-state index contributed by atoms with van der Waals surface area (Å²) in [4.78, 5) is 16.8. The first-order valence-corrected chi connectivity index (χ1v) is 9.04. The van der Waals surface area contributed by atoms with Crippen LogP contribution in [0.25, 0.3) is 22.6 Å². The molecule has 29 heavy (non-hydrogen) atoms. The quantitative estimate of drug-likeness (QED) is 0.353. The summed E-state index contributed by atoms with van der Waals surface area (Å²) in [5.74, 6) is 1.71. The van der Waals surface area contributed by atoms with Crippen LogP contribution in [-0.4, -0.2) is 25.2 Å². The molecule has 0 fully saturated rings. The number of hydrogen-bond donors (Lipinski definition) is 0. The van der Waals surface area contributed by atoms with Gasteiger partial charge in [-0.15, -0.1) is 0 Å². The van der Waals surface area contributed by atoms with Crippen LogP contribution in [0.5, 0.6) is 17.2 Å². The van der Waals surface area contributed by atoms with Crippen LogP contribution in [0.15, 0.2) is 71.1 Å². The number of oxazole rings is 1. The van der Waals surface area contributed by atoms with Crippen molar-refractivity contribution >= 4 is 17.1 Å². The van der Waals surface area contributed by atoms with E-state index in [2.05, 4.69) is 4.98 Å². The van der Waals surface area contributed by atoms with Crippen molar-refractivity contribution in [2.45, 2.75) is 6.42 Å². The fourth-order valence-corrected chi connectivity index (χ4v) is 3.00. The van der Waals surface area contributed by atoms with Gasteiger partial charge in [0, 0.05) is 11.6 Å². The standard InChI is InChI=1S/C23H19NO5/c1-26-19-11-8-15(12-21(19)27-2)13-22(25)28-17-9-10-18-20(14-17)29-23(24-18)16-6-4-3-5-7-16/h3-12,14H,13H2,1-2H3. The molecule has 0 unspecified atom stereocenters. The predicted molar refractivity (Wildman–Crippen MR) is 108 cm³/mol. The molecule has 1 aromatic heterocycles. The summed E-state index contributed by atoms with van der Waals surface area (Å²) < 4.78 is 21.8. The van der Waals surface area contributed by atoms with Crippen molar-refractivity contribution in [1.29, 1.82) is 0 Å². The summed E-state index contributed by atoms with van der Waals surface area (Å²) in [7, 11) is 3.12. The van der Waals surface area contributed by atoms with Gasteiger partial charge in [0.25, 0.3) is 0 Å². The molecule has 0 spiro atoms. The van der Waals surface area contributed by atoms with E-state index in [9.17, 15) is 4.79 Å². The number of ether oxygens (including phenoxy) is 3. The number of benzene rings is 3. The van der Waals surface area contributed by atoms with Crippen LogP contribution < -0.4 is 14.2 Å². The van der Waals surface area contributed by atoms with Gasteiger partial charge in [-0.25, -0.2) is 4.98 Å². The minimum Gasteiger partial charge on any atom is -0.493 e. The lowest BCUT2D eigenvalue weighted by Crippen LogP contribution is -2.11. The average molecular weight is 389 g/mol. The molecule has 0 bridgehead atoms. The fraction of sp³-hybridized carbons (Fsp3) is 0.130. The number of methoxy groups -OCH3 is 2. The molecule has 3 aromatic carbocycles. The molecule has 0 saturated carbocycles. The van der Waals surface area contributed by atoms with Crippen molar-refractivity contribution in [2.24, 2.45) is 0 Å². The maximum absolute atomic E-state index is 12.4. The van der Waals surface area contributed by atoms with E-state index in [0.29, 0.717) is 34.2 Å². The molecule has 0 saturated heterocycles. The highest BCUT2D eigenvalue weighted by molar-refractivity contribution is 5.80. The van der Waals surface area contributed by atoms with Crippen molar-refractivity contribution in [1.82, 2.24) is 4.98 Å². The number of carbonyl (C=O) groups is 1. The lowest BCUT2D eigenvalue weighted by Gasteiger charge is -2.09. The summed E-state index contributed by atoms with van der Waals surface area (Å²) >= 11 is 0. The Labute approximate surface area is 167 Å². The Balaban J connectivity index is 1.49. The second-order valence-corrected chi connectivity index (χ2v) is 6.35. The Bertz CT molecular complexity index is 1150. The Morgan fingerprint density at radius 1 is 0.931 bits per heavy atom. The fourth-order valence-electron chi connectivity index (χ4n) is 3.00. The molecule has 0 N–H and O–H groups in total. The third-order valence-corrected chi connectivity index (χ3v) is 4.41. The Kier molecular flexibility index (Phi) is 5.16. The maximum atomic E-state index is 12.4. The van der Waals surface area contributed by atoms with Crippen LogP contribution >= 0.6 is 0 Å². The SMILES string of the molecule is COc1ccc(CC(=O)Oc2ccc3nc(-c4ccccc4)oc3c2)cc1OC. The van der Waals surface area contributed by atoms with E-state index in [1.54, 1.807) is 50.6 Å². The molecule has 0 aliphatic rings. The van der Waals surface area contributed by atoms with Gasteiger partial charge < -0.3 is 18.6 Å². The minimum absolute atomic E-state index is 0.101. The smallest absolute Gasteiger partial charge is 0.315 e. The van der Waals surface area contributed by atoms with E-state index in [0.717, 1.165) is 11.1 Å². The summed E-state index contributed by atoms with van der Waals surface area (Å²) in [6.45, 7) is 0. The monoisotopic (exact) mass is 389 g/mol. The zero-order chi connectivity index (χ0) is 20.2. The van der Waals surface area contributed by atoms with Crippen molar-refractivity contribution < 1.29 is 23.4 Å². The van der Waals surface area contributed by atoms with Crippen LogP contribution in [0.1, 0.15) is 5.56 Å². The van der Waals surface area contributed by atoms with E-state index in [1.807, 2.05) is 30.3 Å². The van der Waals surface area contributed by atoms with Crippen LogP contribution in [0.4, 0.5) is 0 Å². The highest BCUT2D eigenvalue weighted by Gasteiger charge is 2.13. The predicted octanol–water partition coefficient (Wildman–Crippen LogP) is 4.66. The molecular formula is C23H19NO5. The van der Waals surface area contributed by atoms with Crippen LogP contribution in [0.2, 0.25) is 0 Å². The number of carbonyl (C=O) groups excluding carboxylic acids is 1. The highest BCUT2D eigenvalue weighted by atomic mass is 16.5. The molecule has 0 aliphatic carbocycles. The zero-order valence-electron chi connectivity index (χ0n) is 16.0. The van der Waals surface area contributed by atoms with Crippen molar-refractivity contribution in [3.63, 3.8) is 0 Å². The first-order valence-electron chi connectivity index (χ1n) is 9.04. The first-order chi connectivity index (χ1) is 14.2. The van der Waals surface area contributed by atoms with Crippen molar-refractivity contribution in [3.8, 4) is 28.7 Å². The molecule has 6 heteroatoms. The second-order valence-electron chi connectivity index (χ2n) is 6.35. The van der Waals surface area contributed by atoms with Gasteiger partial charge >= 0.3 is 5.97 Å². The molecule has 6 nitrogen and oxygen atoms in total. The Morgan fingerprint density at radius 3 is 2.48 bits per heavy atom. The van der Waals surface area contributed by atoms with E-state index in [4.69, 9.17) is 18.6 Å². The number of nitrogens with zero attached hydrogens (tertiary/aromatic N) is 1. The first kappa shape index (κ1) is 18.6. The molecule has 0 radical (unpaired) electrons. The van der Waals surface area contributed by atoms with Crippen molar-refractivity contribution in [3.05, 3.63) is 72.3 Å². The summed E-state index contributed by atoms with van der Waals surface area (Å²) in [6, 6.07) is 20.1. The number of aromatic nitrogens is 1. The normalized spacial score (nSPS) is 10.7. The summed E-state index contributed by atoms with van der Waals surface area (Å²) in [5, 5.41) is 0. The topological polar surface area (TPSA) is 70.8 Å². The molecular weight excluding hydrogens is 370 g/mol. The van der Waals surface area contributed by atoms with E-state index < -0.39 is 0 Å². The summed E-state index contributed by atoms with van der Waals surface area (Å²) in [6.07, 6.45) is 0.101. The Morgan fingerprint density at radius 2 is 1.72 bits per heavy atom. The number of esters is 1. The van der Waals surface area contributed by atoms with Crippen LogP contribution in [-0.2, 0) is 11.2 Å². The van der Waals surface area contributed by atoms with Gasteiger partial charge in [-0.3, -0.25) is 4.79 Å². The average Bonchev–Trinajstić information content (AvgIpc) is 3.17. The molecule has 0 amide bonds.